The van der Waals surface area contributed by atoms with Crippen LogP contribution in [0.1, 0.15) is 51.0 Å². The van der Waals surface area contributed by atoms with Crippen LogP contribution in [0.25, 0.3) is 0 Å². The van der Waals surface area contributed by atoms with Crippen LogP contribution in [0.4, 0.5) is 0 Å². The summed E-state index contributed by atoms with van der Waals surface area (Å²) in [5.74, 6) is 0.894. The molecule has 1 aromatic carbocycles. The number of hydrogen-bond donors (Lipinski definition) is 2. The fraction of sp³-hybridized carbons (Fsp3) is 0.708. The van der Waals surface area contributed by atoms with Gasteiger partial charge in [0, 0.05) is 32.8 Å². The third-order valence-electron chi connectivity index (χ3n) is 8.04. The van der Waals surface area contributed by atoms with Crippen molar-refractivity contribution >= 4 is 5.91 Å². The predicted molar refractivity (Wildman–Crippen MR) is 113 cm³/mol. The van der Waals surface area contributed by atoms with Crippen LogP contribution >= 0.6 is 0 Å². The molecule has 5 heteroatoms. The van der Waals surface area contributed by atoms with Gasteiger partial charge in [0.1, 0.15) is 0 Å². The predicted octanol–water partition coefficient (Wildman–Crippen LogP) is 2.87. The quantitative estimate of drug-likeness (QED) is 0.775. The monoisotopic (exact) mass is 397 g/mol. The number of nitrogens with zero attached hydrogens (tertiary/aromatic N) is 1. The number of ether oxygens (including phenoxy) is 1. The maximum atomic E-state index is 13.7. The summed E-state index contributed by atoms with van der Waals surface area (Å²) in [6, 6.07) is 11.0. The number of amides is 1. The van der Waals surface area contributed by atoms with Gasteiger partial charge in [-0.1, -0.05) is 30.3 Å². The maximum absolute atomic E-state index is 13.7. The summed E-state index contributed by atoms with van der Waals surface area (Å²) >= 11 is 0. The lowest BCUT2D eigenvalue weighted by molar-refractivity contribution is -0.176. The van der Waals surface area contributed by atoms with Crippen molar-refractivity contribution in [2.75, 3.05) is 39.4 Å². The molecule has 0 radical (unpaired) electrons. The van der Waals surface area contributed by atoms with Crippen LogP contribution in [0.2, 0.25) is 0 Å². The summed E-state index contributed by atoms with van der Waals surface area (Å²) < 4.78 is 6.02. The van der Waals surface area contributed by atoms with Crippen molar-refractivity contribution in [3.8, 4) is 0 Å². The van der Waals surface area contributed by atoms with Gasteiger partial charge in [-0.25, -0.2) is 5.01 Å². The zero-order valence-corrected chi connectivity index (χ0v) is 17.7. The summed E-state index contributed by atoms with van der Waals surface area (Å²) in [6.45, 7) is 7.30. The van der Waals surface area contributed by atoms with Crippen LogP contribution in [0.15, 0.2) is 30.3 Å². The third kappa shape index (κ3) is 3.41. The molecule has 2 unspecified atom stereocenters. The lowest BCUT2D eigenvalue weighted by Crippen LogP contribution is -2.65. The van der Waals surface area contributed by atoms with E-state index in [-0.39, 0.29) is 22.2 Å². The number of hydrazine groups is 1. The molecule has 1 saturated heterocycles. The number of carbonyl (C=O) groups excluding carboxylic acids is 1. The summed E-state index contributed by atoms with van der Waals surface area (Å²) in [6.07, 6.45) is 6.66. The highest BCUT2D eigenvalue weighted by molar-refractivity contribution is 5.83. The molecule has 4 atom stereocenters. The number of hydrogen-bond acceptors (Lipinski definition) is 4. The summed E-state index contributed by atoms with van der Waals surface area (Å²) in [5, 5.41) is 5.50. The van der Waals surface area contributed by atoms with Gasteiger partial charge in [-0.3, -0.25) is 10.2 Å². The van der Waals surface area contributed by atoms with Crippen LogP contribution in [0, 0.1) is 16.7 Å². The molecule has 0 spiro atoms. The Balaban J connectivity index is 1.48. The first-order chi connectivity index (χ1) is 14.1. The molecular formula is C24H35N3O2. The molecule has 1 heterocycles. The van der Waals surface area contributed by atoms with Gasteiger partial charge in [-0.2, -0.15) is 0 Å². The average Bonchev–Trinajstić information content (AvgIpc) is 2.73. The minimum Gasteiger partial charge on any atom is -0.381 e. The molecule has 4 saturated carbocycles. The van der Waals surface area contributed by atoms with Crippen molar-refractivity contribution in [2.45, 2.75) is 50.9 Å². The highest BCUT2D eigenvalue weighted by Crippen LogP contribution is 2.70. The van der Waals surface area contributed by atoms with Gasteiger partial charge < -0.3 is 10.1 Å². The number of nitrogens with one attached hydrogen (secondary N) is 2. The van der Waals surface area contributed by atoms with Gasteiger partial charge in [0.2, 0.25) is 5.91 Å². The number of benzene rings is 1. The summed E-state index contributed by atoms with van der Waals surface area (Å²) in [7, 11) is 0. The molecule has 5 fully saturated rings. The van der Waals surface area contributed by atoms with Crippen molar-refractivity contribution in [3.63, 3.8) is 0 Å². The highest BCUT2D eigenvalue weighted by atomic mass is 16.5. The molecule has 4 aliphatic carbocycles. The molecule has 0 aromatic heterocycles. The van der Waals surface area contributed by atoms with E-state index in [9.17, 15) is 4.79 Å². The van der Waals surface area contributed by atoms with E-state index in [1.165, 1.54) is 24.8 Å². The van der Waals surface area contributed by atoms with Gasteiger partial charge in [-0.15, -0.1) is 0 Å². The van der Waals surface area contributed by atoms with Crippen molar-refractivity contribution in [2.24, 2.45) is 16.7 Å². The molecule has 1 aliphatic heterocycles. The van der Waals surface area contributed by atoms with Crippen molar-refractivity contribution in [3.05, 3.63) is 35.9 Å². The molecule has 29 heavy (non-hydrogen) atoms. The average molecular weight is 398 g/mol. The minimum atomic E-state index is -0.253. The van der Waals surface area contributed by atoms with Crippen molar-refractivity contribution < 1.29 is 9.53 Å². The summed E-state index contributed by atoms with van der Waals surface area (Å²) in [4.78, 5) is 13.7. The van der Waals surface area contributed by atoms with Crippen LogP contribution in [-0.2, 0) is 14.9 Å². The van der Waals surface area contributed by atoms with Crippen molar-refractivity contribution in [1.82, 2.24) is 15.8 Å². The van der Waals surface area contributed by atoms with E-state index in [4.69, 9.17) is 4.74 Å². The van der Waals surface area contributed by atoms with Crippen LogP contribution in [0.5, 0.6) is 0 Å². The van der Waals surface area contributed by atoms with Gasteiger partial charge >= 0.3 is 0 Å². The number of carbonyl (C=O) groups is 1. The lowest BCUT2D eigenvalue weighted by atomic mass is 9.38. The van der Waals surface area contributed by atoms with E-state index < -0.39 is 0 Å². The topological polar surface area (TPSA) is 53.6 Å². The Morgan fingerprint density at radius 1 is 1.14 bits per heavy atom. The van der Waals surface area contributed by atoms with E-state index >= 15 is 0 Å². The second-order valence-corrected chi connectivity index (χ2v) is 10.3. The summed E-state index contributed by atoms with van der Waals surface area (Å²) in [5.41, 5.74) is 4.78. The Labute approximate surface area is 174 Å². The molecule has 2 N–H and O–H groups in total. The molecule has 5 aliphatic rings. The standard InChI is InChI=1S/C24H35N3O2/c1-2-29-18-22-12-19-13-23(15-22,20-6-4-3-5-7-20)17-24(14-19,16-22)21(28)26-27-10-8-25-9-11-27/h3-7,19,25H,2,8-18H2,1H3,(H,26,28)/t19?,22-,23+,24?/m0/s1. The van der Waals surface area contributed by atoms with Gasteiger partial charge in [-0.05, 0) is 67.8 Å². The van der Waals surface area contributed by atoms with Gasteiger partial charge in [0.15, 0.2) is 0 Å². The molecule has 5 nitrogen and oxygen atoms in total. The first-order valence-corrected chi connectivity index (χ1v) is 11.5. The fourth-order valence-electron chi connectivity index (χ4n) is 7.52. The fourth-order valence-corrected chi connectivity index (χ4v) is 7.52. The smallest absolute Gasteiger partial charge is 0.240 e. The van der Waals surface area contributed by atoms with E-state index in [2.05, 4.69) is 53.0 Å². The Morgan fingerprint density at radius 2 is 1.93 bits per heavy atom. The normalized spacial score (nSPS) is 38.9. The molecule has 1 aromatic rings. The van der Waals surface area contributed by atoms with E-state index in [0.717, 1.165) is 58.7 Å². The first kappa shape index (κ1) is 19.5. The minimum absolute atomic E-state index is 0.124. The second-order valence-electron chi connectivity index (χ2n) is 10.3. The van der Waals surface area contributed by atoms with Gasteiger partial charge in [0.25, 0.3) is 0 Å². The second kappa shape index (κ2) is 7.36. The zero-order chi connectivity index (χ0) is 20.0. The molecule has 4 bridgehead atoms. The largest absolute Gasteiger partial charge is 0.381 e. The number of rotatable bonds is 6. The molecular weight excluding hydrogens is 362 g/mol. The maximum Gasteiger partial charge on any atom is 0.240 e. The van der Waals surface area contributed by atoms with Crippen LogP contribution in [0.3, 0.4) is 0 Å². The first-order valence-electron chi connectivity index (χ1n) is 11.5. The van der Waals surface area contributed by atoms with Crippen molar-refractivity contribution in [1.29, 1.82) is 0 Å². The highest BCUT2D eigenvalue weighted by Gasteiger charge is 2.66. The molecule has 158 valence electrons. The third-order valence-corrected chi connectivity index (χ3v) is 8.04. The Hall–Kier alpha value is -1.43. The van der Waals surface area contributed by atoms with Gasteiger partial charge in [0.05, 0.1) is 12.0 Å². The molecule has 6 rings (SSSR count). The molecule has 1 amide bonds. The van der Waals surface area contributed by atoms with E-state index in [0.29, 0.717) is 5.92 Å². The lowest BCUT2D eigenvalue weighted by Gasteiger charge is -2.66. The van der Waals surface area contributed by atoms with Crippen LogP contribution < -0.4 is 10.7 Å². The number of piperazine rings is 1. The Kier molecular flexibility index (Phi) is 4.96. The Bertz CT molecular complexity index is 750. The van der Waals surface area contributed by atoms with E-state index in [1.807, 2.05) is 0 Å². The zero-order valence-electron chi connectivity index (χ0n) is 17.7. The SMILES string of the molecule is CCOC[C@]12CC3CC(C(=O)NN4CCNCC4)(C1)C[C@@](c1ccccc1)(C3)C2. The van der Waals surface area contributed by atoms with Crippen LogP contribution in [-0.4, -0.2) is 50.3 Å². The van der Waals surface area contributed by atoms with E-state index in [1.54, 1.807) is 0 Å². The Morgan fingerprint density at radius 3 is 2.69 bits per heavy atom.